The third kappa shape index (κ3) is 3.33. The first-order valence-corrected chi connectivity index (χ1v) is 7.04. The van der Waals surface area contributed by atoms with Crippen LogP contribution in [0.15, 0.2) is 33.4 Å². The SMILES string of the molecule is CCC(CC)(CO)CNC(=O)c1cc(-c2ccco2)on1. The van der Waals surface area contributed by atoms with Crippen LogP contribution in [0.5, 0.6) is 0 Å². The Hall–Kier alpha value is -2.08. The van der Waals surface area contributed by atoms with E-state index in [4.69, 9.17) is 8.94 Å². The Bertz CT molecular complexity index is 562. The number of hydrogen-bond acceptors (Lipinski definition) is 5. The molecule has 0 fully saturated rings. The summed E-state index contributed by atoms with van der Waals surface area (Å²) < 4.78 is 10.3. The second kappa shape index (κ2) is 6.58. The van der Waals surface area contributed by atoms with Gasteiger partial charge in [-0.2, -0.15) is 0 Å². The van der Waals surface area contributed by atoms with Gasteiger partial charge in [0, 0.05) is 18.0 Å². The van der Waals surface area contributed by atoms with Crippen molar-refractivity contribution in [1.82, 2.24) is 10.5 Å². The summed E-state index contributed by atoms with van der Waals surface area (Å²) in [5.41, 5.74) is -0.0936. The zero-order valence-corrected chi connectivity index (χ0v) is 12.3. The Labute approximate surface area is 123 Å². The van der Waals surface area contributed by atoms with Gasteiger partial charge in [0.05, 0.1) is 12.9 Å². The lowest BCUT2D eigenvalue weighted by Crippen LogP contribution is -2.39. The Balaban J connectivity index is 2.01. The molecule has 1 amide bonds. The van der Waals surface area contributed by atoms with E-state index in [1.807, 2.05) is 13.8 Å². The van der Waals surface area contributed by atoms with Crippen molar-refractivity contribution in [1.29, 1.82) is 0 Å². The lowest BCUT2D eigenvalue weighted by atomic mass is 9.83. The molecule has 0 saturated carbocycles. The van der Waals surface area contributed by atoms with Crippen LogP contribution < -0.4 is 5.32 Å². The van der Waals surface area contributed by atoms with Gasteiger partial charge in [0.2, 0.25) is 5.76 Å². The molecule has 0 bridgehead atoms. The van der Waals surface area contributed by atoms with E-state index in [1.165, 1.54) is 12.3 Å². The fourth-order valence-electron chi connectivity index (χ4n) is 2.05. The Morgan fingerprint density at radius 3 is 2.71 bits per heavy atom. The molecule has 2 rings (SSSR count). The number of carbonyl (C=O) groups excluding carboxylic acids is 1. The molecule has 114 valence electrons. The molecule has 0 aliphatic heterocycles. The molecule has 0 unspecified atom stereocenters. The highest BCUT2D eigenvalue weighted by molar-refractivity contribution is 5.92. The molecule has 0 aliphatic carbocycles. The third-order valence-electron chi connectivity index (χ3n) is 3.97. The molecule has 2 heterocycles. The molecule has 0 aliphatic rings. The van der Waals surface area contributed by atoms with Crippen molar-refractivity contribution in [2.24, 2.45) is 5.41 Å². The van der Waals surface area contributed by atoms with Crippen LogP contribution in [-0.4, -0.2) is 29.3 Å². The number of aromatic nitrogens is 1. The maximum Gasteiger partial charge on any atom is 0.273 e. The van der Waals surface area contributed by atoms with Crippen molar-refractivity contribution in [3.63, 3.8) is 0 Å². The summed E-state index contributed by atoms with van der Waals surface area (Å²) >= 11 is 0. The van der Waals surface area contributed by atoms with Gasteiger partial charge in [0.1, 0.15) is 0 Å². The number of aliphatic hydroxyl groups is 1. The predicted molar refractivity (Wildman–Crippen MR) is 76.6 cm³/mol. The van der Waals surface area contributed by atoms with Crippen LogP contribution in [0, 0.1) is 5.41 Å². The molecule has 0 saturated heterocycles. The van der Waals surface area contributed by atoms with Crippen LogP contribution in [0.1, 0.15) is 37.2 Å². The molecule has 6 heteroatoms. The van der Waals surface area contributed by atoms with E-state index in [-0.39, 0.29) is 23.6 Å². The van der Waals surface area contributed by atoms with Gasteiger partial charge < -0.3 is 19.4 Å². The predicted octanol–water partition coefficient (Wildman–Crippen LogP) is 2.46. The molecule has 2 aromatic heterocycles. The topological polar surface area (TPSA) is 88.5 Å². The Morgan fingerprint density at radius 2 is 2.14 bits per heavy atom. The minimum absolute atomic E-state index is 0.0384. The van der Waals surface area contributed by atoms with Crippen LogP contribution in [0.25, 0.3) is 11.5 Å². The van der Waals surface area contributed by atoms with E-state index in [9.17, 15) is 9.90 Å². The second-order valence-electron chi connectivity index (χ2n) is 5.10. The fraction of sp³-hybridized carbons (Fsp3) is 0.467. The normalized spacial score (nSPS) is 11.6. The van der Waals surface area contributed by atoms with E-state index in [0.29, 0.717) is 18.1 Å². The first kappa shape index (κ1) is 15.3. The molecule has 0 radical (unpaired) electrons. The molecule has 2 aromatic rings. The summed E-state index contributed by atoms with van der Waals surface area (Å²) in [5, 5.41) is 16.0. The van der Waals surface area contributed by atoms with E-state index < -0.39 is 0 Å². The van der Waals surface area contributed by atoms with Crippen LogP contribution in [-0.2, 0) is 0 Å². The third-order valence-corrected chi connectivity index (χ3v) is 3.97. The standard InChI is InChI=1S/C15H20N2O4/c1-3-15(4-2,10-18)9-16-14(19)11-8-13(21-17-11)12-6-5-7-20-12/h5-8,18H,3-4,9-10H2,1-2H3,(H,16,19). The first-order valence-electron chi connectivity index (χ1n) is 7.04. The van der Waals surface area contributed by atoms with Crippen molar-refractivity contribution in [2.45, 2.75) is 26.7 Å². The summed E-state index contributed by atoms with van der Waals surface area (Å²) in [7, 11) is 0. The summed E-state index contributed by atoms with van der Waals surface area (Å²) in [6.07, 6.45) is 3.10. The average Bonchev–Trinajstić information content (AvgIpc) is 3.20. The number of rotatable bonds is 7. The van der Waals surface area contributed by atoms with Gasteiger partial charge in [-0.1, -0.05) is 19.0 Å². The zero-order valence-electron chi connectivity index (χ0n) is 12.3. The summed E-state index contributed by atoms with van der Waals surface area (Å²) in [6.45, 7) is 4.43. The number of aliphatic hydroxyl groups excluding tert-OH is 1. The fourth-order valence-corrected chi connectivity index (χ4v) is 2.05. The van der Waals surface area contributed by atoms with Crippen molar-refractivity contribution in [3.05, 3.63) is 30.2 Å². The van der Waals surface area contributed by atoms with Crippen molar-refractivity contribution in [3.8, 4) is 11.5 Å². The summed E-state index contributed by atoms with van der Waals surface area (Å²) in [6, 6.07) is 5.00. The van der Waals surface area contributed by atoms with Crippen LogP contribution in [0.2, 0.25) is 0 Å². The van der Waals surface area contributed by atoms with Gasteiger partial charge in [-0.25, -0.2) is 0 Å². The highest BCUT2D eigenvalue weighted by Crippen LogP contribution is 2.25. The van der Waals surface area contributed by atoms with E-state index >= 15 is 0 Å². The monoisotopic (exact) mass is 292 g/mol. The van der Waals surface area contributed by atoms with Gasteiger partial charge in [-0.15, -0.1) is 0 Å². The van der Waals surface area contributed by atoms with Gasteiger partial charge >= 0.3 is 0 Å². The number of furan rings is 1. The van der Waals surface area contributed by atoms with Gasteiger partial charge in [-0.3, -0.25) is 4.79 Å². The number of carbonyl (C=O) groups is 1. The van der Waals surface area contributed by atoms with Gasteiger partial charge in [0.25, 0.3) is 5.91 Å². The molecular weight excluding hydrogens is 272 g/mol. The molecule has 2 N–H and O–H groups in total. The Morgan fingerprint density at radius 1 is 1.38 bits per heavy atom. The molecule has 0 atom stereocenters. The maximum absolute atomic E-state index is 12.1. The van der Waals surface area contributed by atoms with Crippen molar-refractivity contribution >= 4 is 5.91 Å². The lowest BCUT2D eigenvalue weighted by molar-refractivity contribution is 0.0843. The number of nitrogens with zero attached hydrogens (tertiary/aromatic N) is 1. The lowest BCUT2D eigenvalue weighted by Gasteiger charge is -2.29. The summed E-state index contributed by atoms with van der Waals surface area (Å²) in [5.74, 6) is 0.606. The van der Waals surface area contributed by atoms with Crippen molar-refractivity contribution in [2.75, 3.05) is 13.2 Å². The zero-order chi connectivity index (χ0) is 15.3. The smallest absolute Gasteiger partial charge is 0.273 e. The number of nitrogens with one attached hydrogen (secondary N) is 1. The minimum Gasteiger partial charge on any atom is -0.461 e. The highest BCUT2D eigenvalue weighted by atomic mass is 16.5. The average molecular weight is 292 g/mol. The number of hydrogen-bond donors (Lipinski definition) is 2. The minimum atomic E-state index is -0.323. The molecule has 21 heavy (non-hydrogen) atoms. The molecular formula is C15H20N2O4. The summed E-state index contributed by atoms with van der Waals surface area (Å²) in [4.78, 5) is 12.1. The quantitative estimate of drug-likeness (QED) is 0.818. The second-order valence-corrected chi connectivity index (χ2v) is 5.10. The molecule has 0 aromatic carbocycles. The van der Waals surface area contributed by atoms with E-state index in [2.05, 4.69) is 10.5 Å². The van der Waals surface area contributed by atoms with Crippen molar-refractivity contribution < 1.29 is 18.8 Å². The van der Waals surface area contributed by atoms with Crippen LogP contribution >= 0.6 is 0 Å². The van der Waals surface area contributed by atoms with E-state index in [1.54, 1.807) is 12.1 Å². The maximum atomic E-state index is 12.1. The van der Waals surface area contributed by atoms with Gasteiger partial charge in [-0.05, 0) is 25.0 Å². The van der Waals surface area contributed by atoms with Gasteiger partial charge in [0.15, 0.2) is 11.5 Å². The highest BCUT2D eigenvalue weighted by Gasteiger charge is 2.26. The molecule has 0 spiro atoms. The first-order chi connectivity index (χ1) is 10.1. The van der Waals surface area contributed by atoms with Crippen LogP contribution in [0.4, 0.5) is 0 Å². The van der Waals surface area contributed by atoms with E-state index in [0.717, 1.165) is 12.8 Å². The molecule has 6 nitrogen and oxygen atoms in total. The largest absolute Gasteiger partial charge is 0.461 e. The number of amides is 1. The van der Waals surface area contributed by atoms with Crippen LogP contribution in [0.3, 0.4) is 0 Å². The Kier molecular flexibility index (Phi) is 4.80.